The predicted molar refractivity (Wildman–Crippen MR) is 90.8 cm³/mol. The molecule has 0 bridgehead atoms. The monoisotopic (exact) mass is 330 g/mol. The second kappa shape index (κ2) is 6.37. The number of amides is 2. The molecule has 0 aromatic heterocycles. The molecule has 1 aromatic carbocycles. The fraction of sp³-hybridized carbons (Fsp3) is 0.632. The van der Waals surface area contributed by atoms with Crippen molar-refractivity contribution in [3.8, 4) is 0 Å². The number of carbonyl (C=O) groups is 1. The summed E-state index contributed by atoms with van der Waals surface area (Å²) in [6.45, 7) is 3.53. The minimum atomic E-state index is -0.365. The van der Waals surface area contributed by atoms with Crippen molar-refractivity contribution in [2.45, 2.75) is 63.3 Å². The molecule has 1 aliphatic heterocycles. The number of carbonyl (C=O) groups excluding carboxylic acids is 1. The lowest BCUT2D eigenvalue weighted by atomic mass is 9.90. The Hall–Kier alpha value is -1.59. The van der Waals surface area contributed by atoms with Crippen LogP contribution in [0.15, 0.2) is 18.2 Å². The summed E-state index contributed by atoms with van der Waals surface area (Å²) in [5.41, 5.74) is 4.00. The van der Waals surface area contributed by atoms with Gasteiger partial charge in [0.05, 0.1) is 19.3 Å². The molecule has 1 heterocycles. The molecule has 4 rings (SSSR count). The summed E-state index contributed by atoms with van der Waals surface area (Å²) >= 11 is 0. The third kappa shape index (κ3) is 3.03. The number of nitrogens with one attached hydrogen (secondary N) is 2. The highest BCUT2D eigenvalue weighted by Crippen LogP contribution is 2.36. The van der Waals surface area contributed by atoms with E-state index in [-0.39, 0.29) is 23.9 Å². The normalized spacial score (nSPS) is 25.6. The van der Waals surface area contributed by atoms with Gasteiger partial charge in [0.1, 0.15) is 0 Å². The lowest BCUT2D eigenvalue weighted by Crippen LogP contribution is -2.47. The molecule has 1 saturated heterocycles. The van der Waals surface area contributed by atoms with Crippen LogP contribution in [0.5, 0.6) is 0 Å². The molecule has 24 heavy (non-hydrogen) atoms. The van der Waals surface area contributed by atoms with Crippen LogP contribution in [0, 0.1) is 6.92 Å². The van der Waals surface area contributed by atoms with Gasteiger partial charge in [-0.25, -0.2) is 4.79 Å². The van der Waals surface area contributed by atoms with Gasteiger partial charge in [0.15, 0.2) is 5.79 Å². The van der Waals surface area contributed by atoms with Crippen LogP contribution in [-0.2, 0) is 15.9 Å². The molecule has 2 N–H and O–H groups in total. The van der Waals surface area contributed by atoms with E-state index in [1.807, 2.05) is 0 Å². The van der Waals surface area contributed by atoms with Crippen LogP contribution in [0.1, 0.15) is 54.8 Å². The molecule has 3 aliphatic rings. The van der Waals surface area contributed by atoms with E-state index in [1.165, 1.54) is 16.7 Å². The van der Waals surface area contributed by atoms with Gasteiger partial charge in [0.2, 0.25) is 0 Å². The smallest absolute Gasteiger partial charge is 0.315 e. The largest absolute Gasteiger partial charge is 0.348 e. The zero-order chi connectivity index (χ0) is 16.6. The first-order valence-electron chi connectivity index (χ1n) is 9.09. The van der Waals surface area contributed by atoms with Gasteiger partial charge >= 0.3 is 6.03 Å². The first-order valence-corrected chi connectivity index (χ1v) is 9.09. The lowest BCUT2D eigenvalue weighted by molar-refractivity contribution is -0.179. The van der Waals surface area contributed by atoms with Crippen molar-refractivity contribution in [3.63, 3.8) is 0 Å². The lowest BCUT2D eigenvalue weighted by Gasteiger charge is -2.35. The van der Waals surface area contributed by atoms with Gasteiger partial charge in [-0.3, -0.25) is 0 Å². The maximum absolute atomic E-state index is 12.4. The van der Waals surface area contributed by atoms with Crippen LogP contribution >= 0.6 is 0 Å². The highest BCUT2D eigenvalue weighted by molar-refractivity contribution is 5.75. The van der Waals surface area contributed by atoms with Crippen LogP contribution in [0.3, 0.4) is 0 Å². The molecule has 0 radical (unpaired) electrons. The molecule has 1 aromatic rings. The van der Waals surface area contributed by atoms with Gasteiger partial charge < -0.3 is 20.1 Å². The SMILES string of the molecule is Cc1cccc2c1CC[C@@H]2NC(=O)NC1CCC2(CC1)OCCO2. The van der Waals surface area contributed by atoms with Crippen molar-refractivity contribution < 1.29 is 14.3 Å². The third-order valence-corrected chi connectivity index (χ3v) is 5.71. The van der Waals surface area contributed by atoms with Gasteiger partial charge in [-0.05, 0) is 49.3 Å². The molecule has 130 valence electrons. The number of hydrogen-bond donors (Lipinski definition) is 2. The zero-order valence-electron chi connectivity index (χ0n) is 14.3. The first-order chi connectivity index (χ1) is 11.7. The van der Waals surface area contributed by atoms with E-state index < -0.39 is 0 Å². The summed E-state index contributed by atoms with van der Waals surface area (Å²) in [6, 6.07) is 6.65. The molecular formula is C19H26N2O3. The minimum Gasteiger partial charge on any atom is -0.348 e. The Kier molecular flexibility index (Phi) is 4.22. The molecule has 5 nitrogen and oxygen atoms in total. The second-order valence-electron chi connectivity index (χ2n) is 7.23. The minimum absolute atomic E-state index is 0.0523. The molecule has 1 spiro atoms. The van der Waals surface area contributed by atoms with Crippen molar-refractivity contribution in [2.75, 3.05) is 13.2 Å². The van der Waals surface area contributed by atoms with Gasteiger partial charge in [-0.2, -0.15) is 0 Å². The zero-order valence-corrected chi connectivity index (χ0v) is 14.3. The number of rotatable bonds is 2. The van der Waals surface area contributed by atoms with Crippen molar-refractivity contribution in [1.82, 2.24) is 10.6 Å². The fourth-order valence-corrected chi connectivity index (χ4v) is 4.36. The van der Waals surface area contributed by atoms with Crippen LogP contribution in [0.2, 0.25) is 0 Å². The summed E-state index contributed by atoms with van der Waals surface area (Å²) in [4.78, 5) is 12.4. The molecule has 2 amide bonds. The molecular weight excluding hydrogens is 304 g/mol. The summed E-state index contributed by atoms with van der Waals surface area (Å²) in [6.07, 6.45) is 5.59. The maximum atomic E-state index is 12.4. The topological polar surface area (TPSA) is 59.6 Å². The maximum Gasteiger partial charge on any atom is 0.315 e. The van der Waals surface area contributed by atoms with Crippen molar-refractivity contribution in [3.05, 3.63) is 34.9 Å². The fourth-order valence-electron chi connectivity index (χ4n) is 4.36. The van der Waals surface area contributed by atoms with Crippen molar-refractivity contribution >= 4 is 6.03 Å². The number of ether oxygens (including phenoxy) is 2. The van der Waals surface area contributed by atoms with E-state index in [2.05, 4.69) is 35.8 Å². The summed E-state index contributed by atoms with van der Waals surface area (Å²) in [7, 11) is 0. The number of benzene rings is 1. The van der Waals surface area contributed by atoms with E-state index in [0.717, 1.165) is 38.5 Å². The predicted octanol–water partition coefficient (Wildman–Crippen LogP) is 2.97. The quantitative estimate of drug-likeness (QED) is 0.876. The summed E-state index contributed by atoms with van der Waals surface area (Å²) in [5, 5.41) is 6.29. The van der Waals surface area contributed by atoms with E-state index in [4.69, 9.17) is 9.47 Å². The highest BCUT2D eigenvalue weighted by Gasteiger charge is 2.40. The molecule has 2 fully saturated rings. The second-order valence-corrected chi connectivity index (χ2v) is 7.23. The van der Waals surface area contributed by atoms with E-state index >= 15 is 0 Å². The molecule has 2 aliphatic carbocycles. The average Bonchev–Trinajstić information content (AvgIpc) is 3.19. The molecule has 1 saturated carbocycles. The van der Waals surface area contributed by atoms with Gasteiger partial charge in [0, 0.05) is 18.9 Å². The average molecular weight is 330 g/mol. The number of aryl methyl sites for hydroxylation is 1. The van der Waals surface area contributed by atoms with Gasteiger partial charge in [-0.15, -0.1) is 0 Å². The number of fused-ring (bicyclic) bond motifs is 1. The van der Waals surface area contributed by atoms with Gasteiger partial charge in [-0.1, -0.05) is 18.2 Å². The summed E-state index contributed by atoms with van der Waals surface area (Å²) < 4.78 is 11.5. The Balaban J connectivity index is 1.30. The van der Waals surface area contributed by atoms with E-state index in [0.29, 0.717) is 13.2 Å². The number of hydrogen-bond acceptors (Lipinski definition) is 3. The molecule has 5 heteroatoms. The van der Waals surface area contributed by atoms with Crippen molar-refractivity contribution in [1.29, 1.82) is 0 Å². The van der Waals surface area contributed by atoms with Crippen molar-refractivity contribution in [2.24, 2.45) is 0 Å². The van der Waals surface area contributed by atoms with Gasteiger partial charge in [0.25, 0.3) is 0 Å². The Bertz CT molecular complexity index is 615. The third-order valence-electron chi connectivity index (χ3n) is 5.71. The van der Waals surface area contributed by atoms with E-state index in [1.54, 1.807) is 0 Å². The van der Waals surface area contributed by atoms with E-state index in [9.17, 15) is 4.79 Å². The number of urea groups is 1. The molecule has 0 unspecified atom stereocenters. The standard InChI is InChI=1S/C19H26N2O3/c1-13-3-2-4-16-15(13)5-6-17(16)21-18(22)20-14-7-9-19(10-8-14)23-11-12-24-19/h2-4,14,17H,5-12H2,1H3,(H2,20,21,22)/t17-/m0/s1. The van der Waals surface area contributed by atoms with Crippen LogP contribution < -0.4 is 10.6 Å². The molecule has 1 atom stereocenters. The first kappa shape index (κ1) is 15.9. The Morgan fingerprint density at radius 3 is 2.62 bits per heavy atom. The highest BCUT2D eigenvalue weighted by atomic mass is 16.7. The Morgan fingerprint density at radius 2 is 1.88 bits per heavy atom. The Morgan fingerprint density at radius 1 is 1.12 bits per heavy atom. The van der Waals surface area contributed by atoms with Crippen LogP contribution in [0.25, 0.3) is 0 Å². The van der Waals surface area contributed by atoms with Crippen LogP contribution in [-0.4, -0.2) is 31.1 Å². The Labute approximate surface area is 143 Å². The van der Waals surface area contributed by atoms with Crippen LogP contribution in [0.4, 0.5) is 4.79 Å². The summed E-state index contributed by atoms with van der Waals surface area (Å²) in [5.74, 6) is -0.365.